The Bertz CT molecular complexity index is 1840. The van der Waals surface area contributed by atoms with Crippen molar-refractivity contribution in [1.29, 1.82) is 0 Å². The lowest BCUT2D eigenvalue weighted by molar-refractivity contribution is 0.202. The summed E-state index contributed by atoms with van der Waals surface area (Å²) in [4.78, 5) is 17.7. The van der Waals surface area contributed by atoms with Gasteiger partial charge in [-0.15, -0.1) is 0 Å². The molecular weight excluding hydrogens is 582 g/mol. The second kappa shape index (κ2) is 13.3. The van der Waals surface area contributed by atoms with Crippen molar-refractivity contribution in [3.05, 3.63) is 103 Å². The van der Waals surface area contributed by atoms with Crippen molar-refractivity contribution >= 4 is 33.9 Å². The quantitative estimate of drug-likeness (QED) is 0.155. The molecule has 0 saturated carbocycles. The third-order valence-electron chi connectivity index (χ3n) is 6.69. The number of anilines is 4. The number of pyridine rings is 2. The fraction of sp³-hybridized carbons (Fsp3) is 0.156. The van der Waals surface area contributed by atoms with Crippen molar-refractivity contribution in [2.45, 2.75) is 13.5 Å². The Morgan fingerprint density at radius 3 is 2.00 bits per heavy atom. The molecule has 0 spiro atoms. The number of rotatable bonds is 12. The number of nitrogens with zero attached hydrogens (tertiary/aromatic N) is 6. The van der Waals surface area contributed by atoms with Crippen LogP contribution in [-0.4, -0.2) is 54.6 Å². The van der Waals surface area contributed by atoms with Crippen LogP contribution in [0, 0.1) is 11.6 Å². The molecule has 3 N–H and O–H groups in total. The van der Waals surface area contributed by atoms with E-state index in [9.17, 15) is 5.11 Å². The lowest BCUT2D eigenvalue weighted by Gasteiger charge is -2.17. The molecule has 0 aliphatic heterocycles. The zero-order valence-corrected chi connectivity index (χ0v) is 24.1. The van der Waals surface area contributed by atoms with E-state index in [0.29, 0.717) is 39.6 Å². The molecule has 0 unspecified atom stereocenters. The normalized spacial score (nSPS) is 11.0. The minimum Gasteiger partial charge on any atom is -0.494 e. The molecule has 2 aromatic carbocycles. The first-order valence-electron chi connectivity index (χ1n) is 14.1. The van der Waals surface area contributed by atoms with Crippen molar-refractivity contribution in [2.75, 3.05) is 30.5 Å². The van der Waals surface area contributed by atoms with E-state index in [-0.39, 0.29) is 49.3 Å². The molecule has 0 aliphatic carbocycles. The number of aromatic nitrogens is 6. The molecule has 0 aliphatic rings. The van der Waals surface area contributed by atoms with E-state index in [4.69, 9.17) is 24.5 Å². The number of fused-ring (bicyclic) bond motifs is 1. The summed E-state index contributed by atoms with van der Waals surface area (Å²) >= 11 is 0. The molecule has 228 valence electrons. The number of hydrogen-bond donors (Lipinski definition) is 3. The Kier molecular flexibility index (Phi) is 8.69. The second-order valence-electron chi connectivity index (χ2n) is 9.69. The van der Waals surface area contributed by atoms with Crippen LogP contribution in [0.15, 0.2) is 85.5 Å². The molecule has 6 rings (SSSR count). The fourth-order valence-electron chi connectivity index (χ4n) is 4.70. The summed E-state index contributed by atoms with van der Waals surface area (Å²) < 4.78 is 42.9. The van der Waals surface area contributed by atoms with Gasteiger partial charge < -0.3 is 25.2 Å². The molecule has 4 heterocycles. The van der Waals surface area contributed by atoms with E-state index in [0.717, 1.165) is 12.1 Å². The van der Waals surface area contributed by atoms with Gasteiger partial charge in [-0.3, -0.25) is 14.6 Å². The van der Waals surface area contributed by atoms with E-state index in [1.807, 2.05) is 18.2 Å². The molecule has 45 heavy (non-hydrogen) atoms. The number of ether oxygens (including phenoxy) is 2. The molecule has 0 radical (unpaired) electrons. The number of hydrogen-bond acceptors (Lipinski definition) is 10. The highest BCUT2D eigenvalue weighted by molar-refractivity contribution is 5.92. The minimum atomic E-state index is -0.742. The van der Waals surface area contributed by atoms with Crippen LogP contribution in [0.4, 0.5) is 31.8 Å². The van der Waals surface area contributed by atoms with Gasteiger partial charge in [-0.1, -0.05) is 18.2 Å². The highest BCUT2D eigenvalue weighted by Gasteiger charge is 2.23. The van der Waals surface area contributed by atoms with Gasteiger partial charge in [0.1, 0.15) is 29.7 Å². The van der Waals surface area contributed by atoms with Crippen molar-refractivity contribution in [1.82, 2.24) is 29.7 Å². The van der Waals surface area contributed by atoms with Gasteiger partial charge in [0.05, 0.1) is 25.3 Å². The molecule has 0 saturated heterocycles. The van der Waals surface area contributed by atoms with Crippen LogP contribution in [0.5, 0.6) is 11.5 Å². The van der Waals surface area contributed by atoms with Crippen LogP contribution >= 0.6 is 0 Å². The van der Waals surface area contributed by atoms with Crippen molar-refractivity contribution in [2.24, 2.45) is 0 Å². The van der Waals surface area contributed by atoms with E-state index in [1.165, 1.54) is 4.68 Å². The first kappa shape index (κ1) is 29.4. The van der Waals surface area contributed by atoms with Gasteiger partial charge in [0.25, 0.3) is 0 Å². The Balaban J connectivity index is 1.49. The van der Waals surface area contributed by atoms with Gasteiger partial charge in [0, 0.05) is 59.2 Å². The third-order valence-corrected chi connectivity index (χ3v) is 6.69. The maximum Gasteiger partial charge on any atom is 0.205 e. The van der Waals surface area contributed by atoms with Crippen LogP contribution in [0.1, 0.15) is 12.5 Å². The molecule has 0 fully saturated rings. The summed E-state index contributed by atoms with van der Waals surface area (Å²) in [6.45, 7) is 1.58. The highest BCUT2D eigenvalue weighted by Crippen LogP contribution is 2.38. The second-order valence-corrected chi connectivity index (χ2v) is 9.69. The number of benzene rings is 2. The SMILES string of the molecule is CCOc1cc(F)c(Cn2nc(-c3nc(Nc4ccncc4)c(OCCO)c(Nc4ccncc4)n3)c3ccccc32)c(F)c1. The van der Waals surface area contributed by atoms with Crippen LogP contribution in [-0.2, 0) is 6.54 Å². The maximum absolute atomic E-state index is 15.1. The van der Waals surface area contributed by atoms with Crippen molar-refractivity contribution < 1.29 is 23.4 Å². The van der Waals surface area contributed by atoms with E-state index < -0.39 is 11.6 Å². The van der Waals surface area contributed by atoms with Crippen LogP contribution in [0.25, 0.3) is 22.4 Å². The van der Waals surface area contributed by atoms with Crippen LogP contribution < -0.4 is 20.1 Å². The number of halogens is 2. The van der Waals surface area contributed by atoms with Crippen LogP contribution in [0.3, 0.4) is 0 Å². The lowest BCUT2D eigenvalue weighted by Crippen LogP contribution is -2.11. The lowest BCUT2D eigenvalue weighted by atomic mass is 10.1. The molecule has 0 atom stereocenters. The maximum atomic E-state index is 15.1. The van der Waals surface area contributed by atoms with Gasteiger partial charge in [-0.25, -0.2) is 18.7 Å². The third kappa shape index (κ3) is 6.48. The number of para-hydroxylation sites is 1. The van der Waals surface area contributed by atoms with Crippen LogP contribution in [0.2, 0.25) is 0 Å². The molecule has 0 bridgehead atoms. The van der Waals surface area contributed by atoms with Crippen molar-refractivity contribution in [3.63, 3.8) is 0 Å². The molecular formula is C32H28F2N8O3. The molecule has 13 heteroatoms. The molecule has 4 aromatic heterocycles. The van der Waals surface area contributed by atoms with Gasteiger partial charge in [-0.2, -0.15) is 5.10 Å². The number of nitrogens with one attached hydrogen (secondary N) is 2. The molecule has 6 aromatic rings. The van der Waals surface area contributed by atoms with Gasteiger partial charge in [-0.05, 0) is 37.3 Å². The monoisotopic (exact) mass is 610 g/mol. The first-order valence-corrected chi connectivity index (χ1v) is 14.1. The minimum absolute atomic E-state index is 0.0183. The zero-order valence-electron chi connectivity index (χ0n) is 24.1. The average molecular weight is 611 g/mol. The number of aliphatic hydroxyl groups is 1. The Morgan fingerprint density at radius 2 is 1.42 bits per heavy atom. The molecule has 0 amide bonds. The summed E-state index contributed by atoms with van der Waals surface area (Å²) in [6, 6.07) is 16.7. The fourth-order valence-corrected chi connectivity index (χ4v) is 4.70. The highest BCUT2D eigenvalue weighted by atomic mass is 19.1. The summed E-state index contributed by atoms with van der Waals surface area (Å²) in [5.41, 5.74) is 2.19. The predicted octanol–water partition coefficient (Wildman–Crippen LogP) is 5.87. The van der Waals surface area contributed by atoms with Gasteiger partial charge in [0.15, 0.2) is 17.5 Å². The Labute approximate surface area is 256 Å². The summed E-state index contributed by atoms with van der Waals surface area (Å²) in [5, 5.41) is 21.5. The van der Waals surface area contributed by atoms with E-state index in [1.54, 1.807) is 62.0 Å². The first-order chi connectivity index (χ1) is 22.0. The predicted molar refractivity (Wildman–Crippen MR) is 165 cm³/mol. The molecule has 11 nitrogen and oxygen atoms in total. The standard InChI is InChI=1S/C32H28F2N8O3/c1-2-44-22-17-25(33)24(26(34)18-22)19-42-27-6-4-3-5-23(27)28(41-42)30-39-31(37-20-7-11-35-12-8-20)29(45-16-15-43)32(40-30)38-21-9-13-36-14-10-21/h3-14,17-18,43H,2,15-16,19H2,1H3,(H2,35,36,37,38,39,40). The average Bonchev–Trinajstić information content (AvgIpc) is 3.42. The van der Waals surface area contributed by atoms with Gasteiger partial charge >= 0.3 is 0 Å². The largest absolute Gasteiger partial charge is 0.494 e. The number of aliphatic hydroxyl groups excluding tert-OH is 1. The Hall–Kier alpha value is -5.69. The smallest absolute Gasteiger partial charge is 0.205 e. The van der Waals surface area contributed by atoms with E-state index >= 15 is 8.78 Å². The van der Waals surface area contributed by atoms with Gasteiger partial charge in [0.2, 0.25) is 5.75 Å². The summed E-state index contributed by atoms with van der Waals surface area (Å²) in [6.07, 6.45) is 6.51. The Morgan fingerprint density at radius 1 is 0.822 bits per heavy atom. The topological polar surface area (TPSA) is 132 Å². The zero-order chi connectivity index (χ0) is 31.2. The summed E-state index contributed by atoms with van der Waals surface area (Å²) in [7, 11) is 0. The van der Waals surface area contributed by atoms with E-state index in [2.05, 4.69) is 20.6 Å². The summed E-state index contributed by atoms with van der Waals surface area (Å²) in [5.74, 6) is -0.326. The van der Waals surface area contributed by atoms with Crippen molar-refractivity contribution in [3.8, 4) is 23.0 Å².